The molecule has 0 saturated carbocycles. The number of nitrogens with zero attached hydrogens (tertiary/aromatic N) is 3. The third-order valence-corrected chi connectivity index (χ3v) is 11.8. The molecule has 0 atom stereocenters. The highest BCUT2D eigenvalue weighted by atomic mass is 32.2. The zero-order valence-corrected chi connectivity index (χ0v) is 28.3. The highest BCUT2D eigenvalue weighted by molar-refractivity contribution is 8.02. The summed E-state index contributed by atoms with van der Waals surface area (Å²) in [6, 6.07) is 23.5. The number of anilines is 3. The molecule has 2 aromatic heterocycles. The van der Waals surface area contributed by atoms with Crippen molar-refractivity contribution in [3.63, 3.8) is 0 Å². The Labute approximate surface area is 285 Å². The van der Waals surface area contributed by atoms with E-state index in [0.717, 1.165) is 41.6 Å². The zero-order valence-electron chi connectivity index (χ0n) is 25.0. The Morgan fingerprint density at radius 2 is 1.26 bits per heavy atom. The number of carbonyl (C=O) groups excluding carboxylic acids is 4. The minimum absolute atomic E-state index is 0.0894. The van der Waals surface area contributed by atoms with Gasteiger partial charge in [0.05, 0.1) is 48.8 Å². The van der Waals surface area contributed by atoms with E-state index < -0.39 is 0 Å². The van der Waals surface area contributed by atoms with Gasteiger partial charge in [0, 0.05) is 11.4 Å². The molecule has 4 amide bonds. The van der Waals surface area contributed by atoms with Crippen molar-refractivity contribution in [3.05, 3.63) is 101 Å². The second-order valence-electron chi connectivity index (χ2n) is 10.7. The lowest BCUT2D eigenvalue weighted by molar-refractivity contribution is -0.114. The summed E-state index contributed by atoms with van der Waals surface area (Å²) < 4.78 is 3.20. The summed E-state index contributed by atoms with van der Waals surface area (Å²) in [6.07, 6.45) is 0. The number of aryl methyl sites for hydroxylation is 2. The fraction of sp³-hybridized carbons (Fsp3) is 0.118. The smallest absolute Gasteiger partial charge is 0.266 e. The summed E-state index contributed by atoms with van der Waals surface area (Å²) in [4.78, 5) is 61.7. The van der Waals surface area contributed by atoms with E-state index >= 15 is 0 Å². The maximum absolute atomic E-state index is 12.9. The van der Waals surface area contributed by atoms with Crippen LogP contribution in [0, 0.1) is 13.8 Å². The van der Waals surface area contributed by atoms with E-state index in [1.165, 1.54) is 51.1 Å². The Balaban J connectivity index is 0.948. The number of carbonyl (C=O) groups is 4. The molecule has 7 rings (SSSR count). The third kappa shape index (κ3) is 6.39. The molecule has 47 heavy (non-hydrogen) atoms. The van der Waals surface area contributed by atoms with E-state index in [1.54, 1.807) is 42.5 Å². The molecule has 0 bridgehead atoms. The van der Waals surface area contributed by atoms with E-state index in [9.17, 15) is 19.2 Å². The number of fused-ring (bicyclic) bond motifs is 3. The first-order valence-corrected chi connectivity index (χ1v) is 18.0. The van der Waals surface area contributed by atoms with Gasteiger partial charge in [-0.15, -0.1) is 22.7 Å². The van der Waals surface area contributed by atoms with Gasteiger partial charge >= 0.3 is 0 Å². The van der Waals surface area contributed by atoms with Crippen molar-refractivity contribution in [1.29, 1.82) is 0 Å². The van der Waals surface area contributed by atoms with Crippen LogP contribution in [-0.2, 0) is 9.59 Å². The van der Waals surface area contributed by atoms with E-state index in [-0.39, 0.29) is 35.1 Å². The Bertz CT molecular complexity index is 2190. The van der Waals surface area contributed by atoms with Crippen LogP contribution in [0.15, 0.2) is 87.5 Å². The molecule has 9 nitrogen and oxygen atoms in total. The van der Waals surface area contributed by atoms with E-state index in [4.69, 9.17) is 0 Å². The molecule has 234 valence electrons. The average molecular weight is 696 g/mol. The van der Waals surface area contributed by atoms with Crippen molar-refractivity contribution < 1.29 is 19.2 Å². The second kappa shape index (κ2) is 12.9. The van der Waals surface area contributed by atoms with Crippen LogP contribution in [0.25, 0.3) is 20.4 Å². The van der Waals surface area contributed by atoms with Crippen LogP contribution in [-0.4, -0.2) is 45.1 Å². The van der Waals surface area contributed by atoms with Crippen LogP contribution in [0.4, 0.5) is 17.1 Å². The molecule has 0 saturated heterocycles. The highest BCUT2D eigenvalue weighted by Gasteiger charge is 2.36. The molecule has 0 unspecified atom stereocenters. The summed E-state index contributed by atoms with van der Waals surface area (Å²) in [7, 11) is 0. The summed E-state index contributed by atoms with van der Waals surface area (Å²) in [5, 5.41) is 5.95. The summed E-state index contributed by atoms with van der Waals surface area (Å²) in [5.41, 5.74) is 6.35. The Kier molecular flexibility index (Phi) is 8.53. The number of imide groups is 1. The van der Waals surface area contributed by atoms with E-state index in [1.807, 2.05) is 50.2 Å². The van der Waals surface area contributed by atoms with Crippen LogP contribution in [0.5, 0.6) is 0 Å². The number of hydrogen-bond acceptors (Lipinski definition) is 10. The summed E-state index contributed by atoms with van der Waals surface area (Å²) in [6.45, 7) is 3.94. The van der Waals surface area contributed by atoms with Gasteiger partial charge in [0.1, 0.15) is 0 Å². The van der Waals surface area contributed by atoms with Crippen LogP contribution in [0.2, 0.25) is 0 Å². The monoisotopic (exact) mass is 695 g/mol. The number of thioether (sulfide) groups is 2. The molecule has 0 fully saturated rings. The normalized spacial score (nSPS) is 12.6. The molecule has 13 heteroatoms. The standard InChI is InChI=1S/C34H25N5O4S4/c1-18-6-5-7-19(2)30(18)38-29(41)17-45-33-36-24-12-10-20(14-26(24)46-33)35-28(40)16-44-34-37-25-13-11-21(15-27(25)47-34)39-31(42)22-8-3-4-9-23(22)32(39)43/h3-15H,16-17H2,1-2H3,(H,35,40)(H,38,41). The number of amides is 4. The van der Waals surface area contributed by atoms with Crippen LogP contribution in [0.3, 0.4) is 0 Å². The van der Waals surface area contributed by atoms with Crippen molar-refractivity contribution in [1.82, 2.24) is 9.97 Å². The minimum Gasteiger partial charge on any atom is -0.325 e. The van der Waals surface area contributed by atoms with Gasteiger partial charge in [0.25, 0.3) is 11.8 Å². The Morgan fingerprint density at radius 3 is 1.87 bits per heavy atom. The molecule has 1 aliphatic heterocycles. The maximum Gasteiger partial charge on any atom is 0.266 e. The average Bonchev–Trinajstić information content (AvgIpc) is 3.74. The number of aromatic nitrogens is 2. The first kappa shape index (κ1) is 31.1. The molecule has 0 radical (unpaired) electrons. The molecule has 3 heterocycles. The lowest BCUT2D eigenvalue weighted by Gasteiger charge is -2.13. The number of hydrogen-bond donors (Lipinski definition) is 2. The van der Waals surface area contributed by atoms with Crippen LogP contribution >= 0.6 is 46.2 Å². The Hall–Kier alpha value is -4.56. The molecular weight excluding hydrogens is 671 g/mol. The number of nitrogens with one attached hydrogen (secondary N) is 2. The van der Waals surface area contributed by atoms with Gasteiger partial charge in [-0.3, -0.25) is 19.2 Å². The third-order valence-electron chi connectivity index (χ3n) is 7.46. The summed E-state index contributed by atoms with van der Waals surface area (Å²) >= 11 is 5.58. The van der Waals surface area contributed by atoms with Crippen molar-refractivity contribution in [3.8, 4) is 0 Å². The quantitative estimate of drug-likeness (QED) is 0.116. The van der Waals surface area contributed by atoms with Gasteiger partial charge in [-0.2, -0.15) is 0 Å². The van der Waals surface area contributed by atoms with E-state index in [2.05, 4.69) is 20.6 Å². The van der Waals surface area contributed by atoms with Crippen molar-refractivity contribution >= 4 is 107 Å². The first-order valence-electron chi connectivity index (χ1n) is 14.4. The predicted octanol–water partition coefficient (Wildman–Crippen LogP) is 7.79. The largest absolute Gasteiger partial charge is 0.325 e. The zero-order chi connectivity index (χ0) is 32.7. The molecule has 6 aromatic rings. The number of benzene rings is 4. The van der Waals surface area contributed by atoms with Gasteiger partial charge in [-0.1, -0.05) is 53.9 Å². The molecule has 0 aliphatic carbocycles. The predicted molar refractivity (Wildman–Crippen MR) is 191 cm³/mol. The SMILES string of the molecule is Cc1cccc(C)c1NC(=O)CSc1nc2ccc(NC(=O)CSc3nc4ccc(N5C(=O)c6ccccc6C5=O)cc4s3)cc2s1. The van der Waals surface area contributed by atoms with Gasteiger partial charge in [-0.25, -0.2) is 14.9 Å². The molecule has 4 aromatic carbocycles. The van der Waals surface area contributed by atoms with Gasteiger partial charge in [-0.05, 0) is 73.5 Å². The Morgan fingerprint density at radius 1 is 0.702 bits per heavy atom. The van der Waals surface area contributed by atoms with Crippen molar-refractivity contribution in [2.45, 2.75) is 22.5 Å². The topological polar surface area (TPSA) is 121 Å². The first-order chi connectivity index (χ1) is 22.7. The van der Waals surface area contributed by atoms with Crippen LogP contribution in [0.1, 0.15) is 31.8 Å². The van der Waals surface area contributed by atoms with E-state index in [0.29, 0.717) is 26.8 Å². The molecular formula is C34H25N5O4S4. The lowest BCUT2D eigenvalue weighted by Crippen LogP contribution is -2.29. The molecule has 2 N–H and O–H groups in total. The van der Waals surface area contributed by atoms with Crippen molar-refractivity contribution in [2.75, 3.05) is 27.0 Å². The van der Waals surface area contributed by atoms with Crippen LogP contribution < -0.4 is 15.5 Å². The molecule has 1 aliphatic rings. The fourth-order valence-corrected chi connectivity index (χ4v) is 9.01. The van der Waals surface area contributed by atoms with Gasteiger partial charge in [0.15, 0.2) is 8.68 Å². The fourth-order valence-electron chi connectivity index (χ4n) is 5.20. The van der Waals surface area contributed by atoms with Crippen molar-refractivity contribution in [2.24, 2.45) is 0 Å². The highest BCUT2D eigenvalue weighted by Crippen LogP contribution is 2.36. The van der Waals surface area contributed by atoms with Gasteiger partial charge < -0.3 is 10.6 Å². The summed E-state index contributed by atoms with van der Waals surface area (Å²) in [5.74, 6) is -0.560. The number of para-hydroxylation sites is 1. The maximum atomic E-state index is 12.9. The minimum atomic E-state index is -0.344. The molecule has 0 spiro atoms. The number of thiazole rings is 2. The van der Waals surface area contributed by atoms with Gasteiger partial charge in [0.2, 0.25) is 11.8 Å². The number of rotatable bonds is 9. The second-order valence-corrected chi connectivity index (χ2v) is 15.2. The lowest BCUT2D eigenvalue weighted by atomic mass is 10.1.